The Balaban J connectivity index is 1.50. The number of likely N-dealkylation sites (N-methyl/N-ethyl adjacent to an activating group) is 1. The SMILES string of the molecule is CCCc1cc(Cl)ccc1C1COc2ccc3cc2N(CCC(CC)C(OC(=O)N2CCCC2CN(C)C)/C=C/COC(C)(C)C(=O)NS3=O)C1. The number of likely N-dealkylation sites (tertiary alicyclic amines) is 1. The molecule has 1 fully saturated rings. The van der Waals surface area contributed by atoms with Crippen LogP contribution in [0, 0.1) is 5.92 Å². The molecule has 0 spiro atoms. The van der Waals surface area contributed by atoms with Crippen molar-refractivity contribution in [2.45, 2.75) is 94.8 Å². The average molecular weight is 743 g/mol. The molecule has 0 aliphatic carbocycles. The summed E-state index contributed by atoms with van der Waals surface area (Å²) in [5.41, 5.74) is 1.98. The zero-order valence-electron chi connectivity index (χ0n) is 31.0. The lowest BCUT2D eigenvalue weighted by Gasteiger charge is -2.33. The van der Waals surface area contributed by atoms with E-state index in [9.17, 15) is 13.8 Å². The van der Waals surface area contributed by atoms with Gasteiger partial charge in [-0.1, -0.05) is 44.0 Å². The van der Waals surface area contributed by atoms with Crippen LogP contribution in [0.3, 0.4) is 0 Å². The third-order valence-corrected chi connectivity index (χ3v) is 11.5. The van der Waals surface area contributed by atoms with Crippen LogP contribution in [0.2, 0.25) is 5.02 Å². The first-order chi connectivity index (χ1) is 24.4. The van der Waals surface area contributed by atoms with Crippen LogP contribution in [-0.2, 0) is 31.7 Å². The number of hydrogen-bond donors (Lipinski definition) is 1. The standard InChI is InChI=1S/C39H55ClN4O6S/c1-7-11-28-22-30(40)14-16-33(28)29-24-43-20-18-27(8-2)35(50-38(46)44-19-9-12-31(44)25-42(5)6)13-10-21-49-39(3,4)37(45)41-51(47)32-15-17-36(48-26-29)34(43)23-32/h10,13-17,22-23,27,29,31,35H,7-9,11-12,18-21,24-26H2,1-6H3,(H,41,45)/b13-10+. The summed E-state index contributed by atoms with van der Waals surface area (Å²) in [5, 5.41) is 0.717. The van der Waals surface area contributed by atoms with E-state index in [2.05, 4.69) is 40.5 Å². The molecule has 3 aliphatic heterocycles. The van der Waals surface area contributed by atoms with E-state index in [-0.39, 0.29) is 30.6 Å². The molecule has 3 aliphatic rings. The minimum absolute atomic E-state index is 0.00103. The Labute approximate surface area is 311 Å². The van der Waals surface area contributed by atoms with Crippen molar-refractivity contribution in [3.05, 3.63) is 64.7 Å². The molecule has 10 nitrogen and oxygen atoms in total. The minimum atomic E-state index is -1.82. The number of nitrogens with one attached hydrogen (secondary N) is 1. The van der Waals surface area contributed by atoms with Crippen LogP contribution in [0.1, 0.15) is 76.8 Å². The van der Waals surface area contributed by atoms with E-state index in [1.807, 2.05) is 49.3 Å². The molecule has 12 heteroatoms. The van der Waals surface area contributed by atoms with Crippen molar-refractivity contribution in [3.8, 4) is 5.75 Å². The molecule has 51 heavy (non-hydrogen) atoms. The van der Waals surface area contributed by atoms with Gasteiger partial charge in [-0.2, -0.15) is 0 Å². The van der Waals surface area contributed by atoms with Gasteiger partial charge in [-0.25, -0.2) is 9.00 Å². The molecule has 1 N–H and O–H groups in total. The Morgan fingerprint density at radius 2 is 1.94 bits per heavy atom. The van der Waals surface area contributed by atoms with Crippen molar-refractivity contribution < 1.29 is 28.0 Å². The highest BCUT2D eigenvalue weighted by atomic mass is 35.5. The van der Waals surface area contributed by atoms with Crippen LogP contribution in [0.4, 0.5) is 10.5 Å². The maximum atomic E-state index is 13.8. The topological polar surface area (TPSA) is 101 Å². The van der Waals surface area contributed by atoms with E-state index in [4.69, 9.17) is 25.8 Å². The van der Waals surface area contributed by atoms with Gasteiger partial charge in [0.25, 0.3) is 5.91 Å². The number of benzene rings is 2. The van der Waals surface area contributed by atoms with Crippen LogP contribution in [0.15, 0.2) is 53.4 Å². The summed E-state index contributed by atoms with van der Waals surface area (Å²) in [6, 6.07) is 11.7. The Morgan fingerprint density at radius 1 is 1.14 bits per heavy atom. The monoisotopic (exact) mass is 742 g/mol. The van der Waals surface area contributed by atoms with Crippen LogP contribution >= 0.6 is 11.6 Å². The van der Waals surface area contributed by atoms with E-state index >= 15 is 0 Å². The maximum absolute atomic E-state index is 13.8. The first kappa shape index (κ1) is 39.1. The molecule has 2 aromatic rings. The van der Waals surface area contributed by atoms with Crippen molar-refractivity contribution >= 4 is 40.3 Å². The van der Waals surface area contributed by atoms with Crippen molar-refractivity contribution in [3.63, 3.8) is 0 Å². The zero-order valence-corrected chi connectivity index (χ0v) is 32.6. The van der Waals surface area contributed by atoms with Crippen molar-refractivity contribution in [1.82, 2.24) is 14.5 Å². The Kier molecular flexibility index (Phi) is 13.5. The summed E-state index contributed by atoms with van der Waals surface area (Å²) in [6.45, 7) is 10.9. The molecular formula is C39H55ClN4O6S. The molecule has 280 valence electrons. The number of ether oxygens (including phenoxy) is 3. The highest BCUT2D eigenvalue weighted by Crippen LogP contribution is 2.38. The van der Waals surface area contributed by atoms with Gasteiger partial charge in [-0.3, -0.25) is 9.52 Å². The number of fused-ring (bicyclic) bond motifs is 1. The molecule has 0 saturated carbocycles. The van der Waals surface area contributed by atoms with Crippen LogP contribution in [0.5, 0.6) is 5.75 Å². The summed E-state index contributed by atoms with van der Waals surface area (Å²) < 4.78 is 35.0. The van der Waals surface area contributed by atoms with Gasteiger partial charge in [0.2, 0.25) is 0 Å². The average Bonchev–Trinajstić information content (AvgIpc) is 3.47. The number of carbonyl (C=O) groups excluding carboxylic acids is 2. The van der Waals surface area contributed by atoms with Gasteiger partial charge >= 0.3 is 6.09 Å². The van der Waals surface area contributed by atoms with Gasteiger partial charge < -0.3 is 28.9 Å². The third-order valence-electron chi connectivity index (χ3n) is 10.2. The lowest BCUT2D eigenvalue weighted by atomic mass is 9.91. The number of rotatable bonds is 7. The Bertz CT molecular complexity index is 1580. The number of amides is 2. The van der Waals surface area contributed by atoms with E-state index < -0.39 is 28.6 Å². The van der Waals surface area contributed by atoms with E-state index in [1.165, 1.54) is 11.1 Å². The number of aryl methyl sites for hydroxylation is 1. The van der Waals surface area contributed by atoms with Gasteiger partial charge in [0.15, 0.2) is 11.0 Å². The number of halogens is 1. The van der Waals surface area contributed by atoms with Crippen molar-refractivity contribution in [2.24, 2.45) is 5.92 Å². The van der Waals surface area contributed by atoms with Gasteiger partial charge in [0.1, 0.15) is 17.5 Å². The molecule has 2 amide bonds. The largest absolute Gasteiger partial charge is 0.491 e. The second kappa shape index (κ2) is 17.6. The normalized spacial score (nSPS) is 26.3. The van der Waals surface area contributed by atoms with E-state index in [1.54, 1.807) is 19.9 Å². The fraction of sp³-hybridized carbons (Fsp3) is 0.590. The highest BCUT2D eigenvalue weighted by Gasteiger charge is 2.35. The van der Waals surface area contributed by atoms with Crippen molar-refractivity contribution in [2.75, 3.05) is 58.4 Å². The summed E-state index contributed by atoms with van der Waals surface area (Å²) in [4.78, 5) is 33.8. The molecule has 1 saturated heterocycles. The third kappa shape index (κ3) is 9.86. The number of nitrogens with zero attached hydrogens (tertiary/aromatic N) is 3. The zero-order chi connectivity index (χ0) is 36.7. The first-order valence-corrected chi connectivity index (χ1v) is 19.9. The van der Waals surface area contributed by atoms with Gasteiger partial charge in [0, 0.05) is 49.1 Å². The predicted molar refractivity (Wildman–Crippen MR) is 203 cm³/mol. The number of carbonyl (C=O) groups is 2. The Morgan fingerprint density at radius 3 is 2.69 bits per heavy atom. The van der Waals surface area contributed by atoms with E-state index in [0.717, 1.165) is 50.8 Å². The Hall–Kier alpha value is -3.12. The summed E-state index contributed by atoms with van der Waals surface area (Å²) in [6.07, 6.45) is 8.25. The first-order valence-electron chi connectivity index (χ1n) is 18.4. The van der Waals surface area contributed by atoms with Gasteiger partial charge in [-0.15, -0.1) is 0 Å². The van der Waals surface area contributed by atoms with Crippen LogP contribution in [0.25, 0.3) is 0 Å². The smallest absolute Gasteiger partial charge is 0.410 e. The van der Waals surface area contributed by atoms with E-state index in [0.29, 0.717) is 41.9 Å². The molecule has 5 rings (SSSR count). The fourth-order valence-corrected chi connectivity index (χ4v) is 8.45. The van der Waals surface area contributed by atoms with Gasteiger partial charge in [-0.05, 0) is 108 Å². The molecular weight excluding hydrogens is 688 g/mol. The van der Waals surface area contributed by atoms with Crippen LogP contribution < -0.4 is 14.4 Å². The molecule has 2 aromatic carbocycles. The summed E-state index contributed by atoms with van der Waals surface area (Å²) in [7, 11) is 2.23. The number of hydrogen-bond acceptors (Lipinski definition) is 8. The predicted octanol–water partition coefficient (Wildman–Crippen LogP) is 6.73. The fourth-order valence-electron chi connectivity index (χ4n) is 7.31. The summed E-state index contributed by atoms with van der Waals surface area (Å²) in [5.74, 6) is 0.243. The lowest BCUT2D eigenvalue weighted by molar-refractivity contribution is -0.139. The molecule has 0 aromatic heterocycles. The quantitative estimate of drug-likeness (QED) is 0.312. The molecule has 0 radical (unpaired) electrons. The van der Waals surface area contributed by atoms with Gasteiger partial charge in [0.05, 0.1) is 23.8 Å². The molecule has 5 atom stereocenters. The highest BCUT2D eigenvalue weighted by molar-refractivity contribution is 7.83. The maximum Gasteiger partial charge on any atom is 0.410 e. The lowest BCUT2D eigenvalue weighted by Crippen LogP contribution is -2.45. The second-order valence-corrected chi connectivity index (χ2v) is 16.3. The van der Waals surface area contributed by atoms with Crippen molar-refractivity contribution in [1.29, 1.82) is 0 Å². The molecule has 2 bridgehead atoms. The summed E-state index contributed by atoms with van der Waals surface area (Å²) >= 11 is 6.45. The molecule has 3 heterocycles. The second-order valence-electron chi connectivity index (χ2n) is 14.7. The number of anilines is 1. The van der Waals surface area contributed by atoms with Crippen LogP contribution in [-0.4, -0.2) is 97.2 Å². The molecule has 5 unspecified atom stereocenters. The minimum Gasteiger partial charge on any atom is -0.491 e.